The lowest BCUT2D eigenvalue weighted by Crippen LogP contribution is -2.61. The van der Waals surface area contributed by atoms with Crippen molar-refractivity contribution in [3.63, 3.8) is 0 Å². The number of phenolic OH excluding ortho intramolecular Hbond substituents is 1. The van der Waals surface area contributed by atoms with Gasteiger partial charge < -0.3 is 20.1 Å². The summed E-state index contributed by atoms with van der Waals surface area (Å²) in [5.41, 5.74) is -1.27. The molecule has 2 N–H and O–H groups in total. The predicted octanol–water partition coefficient (Wildman–Crippen LogP) is 3.21. The van der Waals surface area contributed by atoms with E-state index < -0.39 is 28.9 Å². The summed E-state index contributed by atoms with van der Waals surface area (Å²) >= 11 is 0. The fourth-order valence-corrected chi connectivity index (χ4v) is 7.59. The summed E-state index contributed by atoms with van der Waals surface area (Å²) in [6, 6.07) is 5.16. The van der Waals surface area contributed by atoms with Gasteiger partial charge in [0.1, 0.15) is 29.9 Å². The summed E-state index contributed by atoms with van der Waals surface area (Å²) in [6.07, 6.45) is 4.65. The minimum absolute atomic E-state index is 0.00622. The van der Waals surface area contributed by atoms with Gasteiger partial charge in [0, 0.05) is 49.6 Å². The fourth-order valence-electron chi connectivity index (χ4n) is 7.59. The Morgan fingerprint density at radius 2 is 2.05 bits per heavy atom. The molecule has 2 unspecified atom stereocenters. The minimum Gasteiger partial charge on any atom is -0.508 e. The van der Waals surface area contributed by atoms with Gasteiger partial charge in [-0.15, -0.1) is 0 Å². The van der Waals surface area contributed by atoms with E-state index in [0.29, 0.717) is 30.7 Å². The number of rotatable bonds is 5. The van der Waals surface area contributed by atoms with Crippen LogP contribution in [-0.4, -0.2) is 86.3 Å². The van der Waals surface area contributed by atoms with Crippen molar-refractivity contribution in [3.05, 3.63) is 52.5 Å². The average molecular weight is 594 g/mol. The second-order valence-corrected chi connectivity index (χ2v) is 12.2. The monoisotopic (exact) mass is 593 g/mol. The Labute approximate surface area is 244 Å². The number of alkyl halides is 1. The Bertz CT molecular complexity index is 1830. The Hall–Kier alpha value is -3.97. The van der Waals surface area contributed by atoms with Gasteiger partial charge in [0.25, 0.3) is 5.56 Å². The number of anilines is 1. The molecule has 4 atom stereocenters. The molecule has 0 aliphatic carbocycles. The molecule has 5 saturated heterocycles. The van der Waals surface area contributed by atoms with E-state index in [1.54, 1.807) is 0 Å². The van der Waals surface area contributed by atoms with Crippen LogP contribution < -0.4 is 20.5 Å². The molecule has 2 aromatic heterocycles. The summed E-state index contributed by atoms with van der Waals surface area (Å²) in [5, 5.41) is 18.6. The molecule has 2 bridgehead atoms. The predicted molar refractivity (Wildman–Crippen MR) is 153 cm³/mol. The number of nitrogens with one attached hydrogen (secondary N) is 1. The van der Waals surface area contributed by atoms with E-state index in [1.165, 1.54) is 24.4 Å². The Morgan fingerprint density at radius 3 is 2.84 bits per heavy atom. The highest BCUT2D eigenvalue weighted by atomic mass is 19.2. The highest BCUT2D eigenvalue weighted by Crippen LogP contribution is 2.41. The third kappa shape index (κ3) is 4.23. The first-order valence-corrected chi connectivity index (χ1v) is 14.7. The van der Waals surface area contributed by atoms with Crippen LogP contribution in [0.2, 0.25) is 0 Å². The number of piperazine rings is 1. The number of hydrogen-bond acceptors (Lipinski definition) is 9. The van der Waals surface area contributed by atoms with E-state index in [1.807, 2.05) is 0 Å². The van der Waals surface area contributed by atoms with Gasteiger partial charge in [0.2, 0.25) is 0 Å². The summed E-state index contributed by atoms with van der Waals surface area (Å²) in [7, 11) is 0. The number of phenols is 1. The lowest BCUT2D eigenvalue weighted by Gasteiger charge is -2.46. The molecular formula is C30H30F3N7O3. The first-order valence-electron chi connectivity index (χ1n) is 14.7. The van der Waals surface area contributed by atoms with Gasteiger partial charge in [-0.05, 0) is 49.7 Å². The van der Waals surface area contributed by atoms with Crippen molar-refractivity contribution in [3.8, 4) is 17.4 Å². The van der Waals surface area contributed by atoms with Crippen molar-refractivity contribution in [2.24, 2.45) is 0 Å². The molecule has 224 valence electrons. The topological polar surface area (TPSA) is 109 Å². The summed E-state index contributed by atoms with van der Waals surface area (Å²) in [6.45, 7) is 2.83. The first kappa shape index (κ1) is 26.6. The highest BCUT2D eigenvalue weighted by molar-refractivity contribution is 5.93. The van der Waals surface area contributed by atoms with Crippen LogP contribution >= 0.6 is 0 Å². The maximum Gasteiger partial charge on any atom is 0.319 e. The number of hydrogen-bond donors (Lipinski definition) is 2. The summed E-state index contributed by atoms with van der Waals surface area (Å²) in [5.74, 6) is -1.98. The van der Waals surface area contributed by atoms with E-state index in [9.17, 15) is 18.7 Å². The number of benzene rings is 2. The van der Waals surface area contributed by atoms with Gasteiger partial charge in [0.05, 0.1) is 22.8 Å². The van der Waals surface area contributed by atoms with Gasteiger partial charge in [-0.2, -0.15) is 19.7 Å². The number of ether oxygens (including phenoxy) is 1. The molecule has 4 aromatic rings. The van der Waals surface area contributed by atoms with Crippen LogP contribution in [0.15, 0.2) is 35.3 Å². The van der Waals surface area contributed by atoms with Crippen LogP contribution in [0.5, 0.6) is 11.8 Å². The maximum absolute atomic E-state index is 15.1. The highest BCUT2D eigenvalue weighted by Gasteiger charge is 2.49. The zero-order valence-electron chi connectivity index (χ0n) is 23.3. The molecule has 9 rings (SSSR count). The lowest BCUT2D eigenvalue weighted by molar-refractivity contribution is 0.107. The number of fused-ring (bicyclic) bond motifs is 6. The van der Waals surface area contributed by atoms with Crippen LogP contribution in [-0.2, 0) is 0 Å². The molecule has 5 fully saturated rings. The van der Waals surface area contributed by atoms with Crippen LogP contribution in [0.4, 0.5) is 19.0 Å². The standard InChI is InChI=1S/C30H30F3N7O3/c31-17-10-30(6-1-7-38(30)13-17)15-43-29-36-26-21(27(37-29)39-14-18-3-4-19(39)11-34-18)12-35-40(28(26)42)23-9-20(41)8-16-2-5-22(32)25(33)24(16)23/h2,5,8-9,12,17-19,34,41H,1,3-4,6-7,10-11,13-15H2/t17-,18?,19?,30+/m1/s1. The van der Waals surface area contributed by atoms with Crippen LogP contribution in [0, 0.1) is 11.6 Å². The number of aromatic nitrogens is 4. The van der Waals surface area contributed by atoms with Crippen LogP contribution in [0.3, 0.4) is 0 Å². The van der Waals surface area contributed by atoms with E-state index >= 15 is 4.39 Å². The van der Waals surface area contributed by atoms with Gasteiger partial charge >= 0.3 is 6.01 Å². The largest absolute Gasteiger partial charge is 0.508 e. The Kier molecular flexibility index (Phi) is 6.06. The van der Waals surface area contributed by atoms with Crippen LogP contribution in [0.25, 0.3) is 27.4 Å². The zero-order chi connectivity index (χ0) is 29.5. The SMILES string of the molecule is O=c1c2nc(OC[C@@]34CCCN3C[C@H](F)C4)nc(N3CC4CCC3CN4)c2cnn1-c1cc(O)cc2ccc(F)c(F)c12. The van der Waals surface area contributed by atoms with E-state index in [-0.39, 0.29) is 52.4 Å². The molecule has 0 radical (unpaired) electrons. The van der Waals surface area contributed by atoms with Crippen LogP contribution in [0.1, 0.15) is 32.1 Å². The molecule has 13 heteroatoms. The quantitative estimate of drug-likeness (QED) is 0.361. The number of aromatic hydroxyl groups is 1. The molecule has 0 amide bonds. The van der Waals surface area contributed by atoms with Crippen molar-refractivity contribution in [2.45, 2.75) is 55.9 Å². The van der Waals surface area contributed by atoms with E-state index in [4.69, 9.17) is 9.72 Å². The molecular weight excluding hydrogens is 563 g/mol. The number of halogens is 3. The van der Waals surface area contributed by atoms with Crippen molar-refractivity contribution in [1.29, 1.82) is 0 Å². The van der Waals surface area contributed by atoms with E-state index in [0.717, 1.165) is 49.5 Å². The fraction of sp³-hybridized carbons (Fsp3) is 0.467. The van der Waals surface area contributed by atoms with Crippen molar-refractivity contribution < 1.29 is 23.0 Å². The molecule has 2 aromatic carbocycles. The molecule has 5 aliphatic rings. The van der Waals surface area contributed by atoms with Gasteiger partial charge in [-0.3, -0.25) is 9.69 Å². The molecule has 0 saturated carbocycles. The lowest BCUT2D eigenvalue weighted by atomic mass is 9.93. The molecule has 0 spiro atoms. The van der Waals surface area contributed by atoms with Gasteiger partial charge in [0.15, 0.2) is 11.6 Å². The Morgan fingerprint density at radius 1 is 1.16 bits per heavy atom. The third-order valence-electron chi connectivity index (χ3n) is 9.65. The summed E-state index contributed by atoms with van der Waals surface area (Å²) in [4.78, 5) is 27.7. The van der Waals surface area contributed by atoms with Gasteiger partial charge in [-0.25, -0.2) is 13.2 Å². The maximum atomic E-state index is 15.1. The van der Waals surface area contributed by atoms with E-state index in [2.05, 4.69) is 25.2 Å². The smallest absolute Gasteiger partial charge is 0.319 e. The number of piperidine rings is 2. The molecule has 5 aliphatic heterocycles. The molecule has 43 heavy (non-hydrogen) atoms. The van der Waals surface area contributed by atoms with Gasteiger partial charge in [-0.1, -0.05) is 6.07 Å². The van der Waals surface area contributed by atoms with Crippen molar-refractivity contribution >= 4 is 27.5 Å². The average Bonchev–Trinajstić information content (AvgIpc) is 3.54. The molecule has 10 nitrogen and oxygen atoms in total. The number of nitrogens with zero attached hydrogens (tertiary/aromatic N) is 6. The normalized spacial score (nSPS) is 27.0. The molecule has 7 heterocycles. The van der Waals surface area contributed by atoms with Crippen molar-refractivity contribution in [2.75, 3.05) is 37.7 Å². The minimum atomic E-state index is -1.16. The first-order chi connectivity index (χ1) is 20.8. The second-order valence-electron chi connectivity index (χ2n) is 12.2. The third-order valence-corrected chi connectivity index (χ3v) is 9.65. The summed E-state index contributed by atoms with van der Waals surface area (Å²) < 4.78 is 50.9. The second kappa shape index (κ2) is 9.78. The Balaban J connectivity index is 1.28. The van der Waals surface area contributed by atoms with Crippen molar-refractivity contribution in [1.82, 2.24) is 30.0 Å². The zero-order valence-corrected chi connectivity index (χ0v) is 23.3.